The van der Waals surface area contributed by atoms with E-state index in [0.29, 0.717) is 25.8 Å². The summed E-state index contributed by atoms with van der Waals surface area (Å²) in [5, 5.41) is 14.1. The van der Waals surface area contributed by atoms with Gasteiger partial charge in [-0.05, 0) is 49.3 Å². The largest absolute Gasteiger partial charge is 0.389 e. The van der Waals surface area contributed by atoms with Gasteiger partial charge in [-0.1, -0.05) is 30.7 Å². The molecule has 1 aromatic rings. The molecule has 2 rings (SSSR count). The molecule has 21 heavy (non-hydrogen) atoms. The summed E-state index contributed by atoms with van der Waals surface area (Å²) in [5.74, 6) is 0.857. The Balaban J connectivity index is 1.57. The highest BCUT2D eigenvalue weighted by Crippen LogP contribution is 2.23. The smallest absolute Gasteiger partial charge is 0.0897 e. The number of aliphatic hydroxyl groups is 1. The van der Waals surface area contributed by atoms with E-state index in [9.17, 15) is 5.11 Å². The fourth-order valence-electron chi connectivity index (χ4n) is 2.72. The van der Waals surface area contributed by atoms with Crippen molar-refractivity contribution in [3.05, 3.63) is 34.9 Å². The molecule has 1 fully saturated rings. The number of nitrogens with one attached hydrogen (secondary N) is 1. The maximum Gasteiger partial charge on any atom is 0.0897 e. The Bertz CT molecular complexity index is 402. The molecule has 3 nitrogen and oxygen atoms in total. The minimum Gasteiger partial charge on any atom is -0.389 e. The molecule has 1 aliphatic carbocycles. The van der Waals surface area contributed by atoms with Crippen molar-refractivity contribution < 1.29 is 9.84 Å². The molecule has 0 aromatic heterocycles. The molecule has 2 N–H and O–H groups in total. The molecule has 0 bridgehead atoms. The number of hydrogen-bond acceptors (Lipinski definition) is 3. The van der Waals surface area contributed by atoms with Gasteiger partial charge in [0.05, 0.1) is 19.3 Å². The van der Waals surface area contributed by atoms with Gasteiger partial charge in [-0.2, -0.15) is 0 Å². The van der Waals surface area contributed by atoms with Crippen molar-refractivity contribution in [2.45, 2.75) is 51.4 Å². The summed E-state index contributed by atoms with van der Waals surface area (Å²) < 4.78 is 5.55. The van der Waals surface area contributed by atoms with Crippen LogP contribution in [0.1, 0.15) is 38.2 Å². The van der Waals surface area contributed by atoms with Crippen molar-refractivity contribution >= 4 is 11.6 Å². The van der Waals surface area contributed by atoms with Crippen LogP contribution < -0.4 is 5.32 Å². The zero-order chi connectivity index (χ0) is 15.1. The van der Waals surface area contributed by atoms with Gasteiger partial charge < -0.3 is 15.2 Å². The molecule has 1 aromatic carbocycles. The van der Waals surface area contributed by atoms with Crippen molar-refractivity contribution in [1.29, 1.82) is 0 Å². The number of benzene rings is 1. The summed E-state index contributed by atoms with van der Waals surface area (Å²) in [7, 11) is 0. The van der Waals surface area contributed by atoms with E-state index in [-0.39, 0.29) is 0 Å². The van der Waals surface area contributed by atoms with Gasteiger partial charge in [0, 0.05) is 17.6 Å². The fraction of sp³-hybridized carbons (Fsp3) is 0.647. The summed E-state index contributed by atoms with van der Waals surface area (Å²) in [6, 6.07) is 8.14. The van der Waals surface area contributed by atoms with Crippen molar-refractivity contribution in [2.75, 3.05) is 13.2 Å². The monoisotopic (exact) mass is 311 g/mol. The Morgan fingerprint density at radius 2 is 1.90 bits per heavy atom. The predicted octanol–water partition coefficient (Wildman–Crippen LogP) is 3.39. The highest BCUT2D eigenvalue weighted by Gasteiger charge is 2.18. The average Bonchev–Trinajstić information content (AvgIpc) is 2.49. The van der Waals surface area contributed by atoms with Crippen LogP contribution in [-0.2, 0) is 11.3 Å². The van der Waals surface area contributed by atoms with Gasteiger partial charge >= 0.3 is 0 Å². The van der Waals surface area contributed by atoms with Crippen LogP contribution in [0.2, 0.25) is 5.02 Å². The first kappa shape index (κ1) is 16.8. The van der Waals surface area contributed by atoms with Gasteiger partial charge in [0.15, 0.2) is 0 Å². The molecule has 1 atom stereocenters. The average molecular weight is 312 g/mol. The summed E-state index contributed by atoms with van der Waals surface area (Å²) in [5.41, 5.74) is 1.07. The highest BCUT2D eigenvalue weighted by molar-refractivity contribution is 6.30. The van der Waals surface area contributed by atoms with Crippen molar-refractivity contribution in [3.63, 3.8) is 0 Å². The van der Waals surface area contributed by atoms with Crippen molar-refractivity contribution in [2.24, 2.45) is 5.92 Å². The minimum absolute atomic E-state index is 0.360. The second-order valence-electron chi connectivity index (χ2n) is 6.16. The lowest BCUT2D eigenvalue weighted by Crippen LogP contribution is -2.39. The van der Waals surface area contributed by atoms with Crippen LogP contribution in [0.4, 0.5) is 0 Å². The van der Waals surface area contributed by atoms with E-state index < -0.39 is 6.10 Å². The molecule has 0 heterocycles. The fourth-order valence-corrected chi connectivity index (χ4v) is 2.85. The standard InChI is InChI=1S/C17H26ClNO2/c1-13-2-8-16(9-3-13)19-10-17(20)12-21-11-14-4-6-15(18)7-5-14/h4-7,13,16-17,19-20H,2-3,8-12H2,1H3/t13?,16?,17-/m1/s1. The zero-order valence-corrected chi connectivity index (χ0v) is 13.5. The number of aliphatic hydroxyl groups excluding tert-OH is 1. The van der Waals surface area contributed by atoms with Gasteiger partial charge in [-0.25, -0.2) is 0 Å². The first-order chi connectivity index (χ1) is 10.1. The molecule has 0 radical (unpaired) electrons. The predicted molar refractivity (Wildman–Crippen MR) is 86.5 cm³/mol. The molecular formula is C17H26ClNO2. The molecule has 1 saturated carbocycles. The maximum absolute atomic E-state index is 9.95. The Labute approximate surface area is 132 Å². The maximum atomic E-state index is 9.95. The van der Waals surface area contributed by atoms with E-state index in [0.717, 1.165) is 16.5 Å². The van der Waals surface area contributed by atoms with Gasteiger partial charge in [0.1, 0.15) is 0 Å². The molecule has 1 aliphatic rings. The van der Waals surface area contributed by atoms with Gasteiger partial charge in [-0.3, -0.25) is 0 Å². The molecule has 0 spiro atoms. The van der Waals surface area contributed by atoms with Crippen LogP contribution in [-0.4, -0.2) is 30.4 Å². The van der Waals surface area contributed by atoms with E-state index in [2.05, 4.69) is 12.2 Å². The summed E-state index contributed by atoms with van der Waals surface area (Å²) in [4.78, 5) is 0. The molecule has 0 aliphatic heterocycles. The number of halogens is 1. The van der Waals surface area contributed by atoms with E-state index >= 15 is 0 Å². The molecule has 0 unspecified atom stereocenters. The molecule has 0 saturated heterocycles. The van der Waals surface area contributed by atoms with Crippen LogP contribution in [0, 0.1) is 5.92 Å². The lowest BCUT2D eigenvalue weighted by Gasteiger charge is -2.27. The van der Waals surface area contributed by atoms with Crippen LogP contribution in [0.25, 0.3) is 0 Å². The third-order valence-corrected chi connectivity index (χ3v) is 4.40. The highest BCUT2D eigenvalue weighted by atomic mass is 35.5. The van der Waals surface area contributed by atoms with Crippen molar-refractivity contribution in [1.82, 2.24) is 5.32 Å². The van der Waals surface area contributed by atoms with E-state index in [4.69, 9.17) is 16.3 Å². The number of rotatable bonds is 7. The first-order valence-electron chi connectivity index (χ1n) is 7.87. The Kier molecular flexibility index (Phi) is 6.97. The summed E-state index contributed by atoms with van der Waals surface area (Å²) >= 11 is 5.83. The first-order valence-corrected chi connectivity index (χ1v) is 8.25. The molecule has 0 amide bonds. The quantitative estimate of drug-likeness (QED) is 0.811. The van der Waals surface area contributed by atoms with Crippen LogP contribution in [0.3, 0.4) is 0 Å². The minimum atomic E-state index is -0.448. The van der Waals surface area contributed by atoms with Crippen LogP contribution in [0.15, 0.2) is 24.3 Å². The van der Waals surface area contributed by atoms with Gasteiger partial charge in [0.2, 0.25) is 0 Å². The SMILES string of the molecule is CC1CCC(NC[C@@H](O)COCc2ccc(Cl)cc2)CC1. The lowest BCUT2D eigenvalue weighted by atomic mass is 9.87. The Morgan fingerprint density at radius 1 is 1.24 bits per heavy atom. The number of hydrogen-bond donors (Lipinski definition) is 2. The van der Waals surface area contributed by atoms with E-state index in [1.165, 1.54) is 25.7 Å². The second kappa shape index (κ2) is 8.74. The summed E-state index contributed by atoms with van der Waals surface area (Å²) in [6.07, 6.45) is 4.58. The zero-order valence-electron chi connectivity index (χ0n) is 12.7. The Morgan fingerprint density at radius 3 is 2.57 bits per heavy atom. The third-order valence-electron chi connectivity index (χ3n) is 4.15. The lowest BCUT2D eigenvalue weighted by molar-refractivity contribution is 0.0268. The summed E-state index contributed by atoms with van der Waals surface area (Å²) in [6.45, 7) is 3.79. The van der Waals surface area contributed by atoms with Crippen molar-refractivity contribution in [3.8, 4) is 0 Å². The molecule has 4 heteroatoms. The van der Waals surface area contributed by atoms with E-state index in [1.807, 2.05) is 24.3 Å². The van der Waals surface area contributed by atoms with E-state index in [1.54, 1.807) is 0 Å². The second-order valence-corrected chi connectivity index (χ2v) is 6.60. The van der Waals surface area contributed by atoms with Crippen LogP contribution in [0.5, 0.6) is 0 Å². The van der Waals surface area contributed by atoms with Gasteiger partial charge in [0.25, 0.3) is 0 Å². The normalized spacial score (nSPS) is 24.0. The Hall–Kier alpha value is -0.610. The third kappa shape index (κ3) is 6.35. The van der Waals surface area contributed by atoms with Gasteiger partial charge in [-0.15, -0.1) is 0 Å². The molecule has 118 valence electrons. The number of ether oxygens (including phenoxy) is 1. The molecular weight excluding hydrogens is 286 g/mol. The topological polar surface area (TPSA) is 41.5 Å². The van der Waals surface area contributed by atoms with Crippen LogP contribution >= 0.6 is 11.6 Å².